The summed E-state index contributed by atoms with van der Waals surface area (Å²) >= 11 is 0. The van der Waals surface area contributed by atoms with Gasteiger partial charge in [-0.15, -0.1) is 0 Å². The SMILES string of the molecule is C=C(/N=C\C)N(C)C(C)=O.C[N+](C)(C)CCO. The van der Waals surface area contributed by atoms with Gasteiger partial charge in [0, 0.05) is 20.2 Å². The lowest BCUT2D eigenvalue weighted by Gasteiger charge is -2.21. The van der Waals surface area contributed by atoms with Gasteiger partial charge in [0.25, 0.3) is 0 Å². The number of aliphatic hydroxyl groups is 1. The fourth-order valence-corrected chi connectivity index (χ4v) is 0.717. The predicted octanol–water partition coefficient (Wildman–Crippen LogP) is 0.711. The van der Waals surface area contributed by atoms with Gasteiger partial charge in [0.05, 0.1) is 27.7 Å². The molecule has 0 aromatic heterocycles. The van der Waals surface area contributed by atoms with Crippen molar-refractivity contribution in [2.45, 2.75) is 13.8 Å². The number of hydrogen-bond acceptors (Lipinski definition) is 3. The van der Waals surface area contributed by atoms with E-state index in [2.05, 4.69) is 32.7 Å². The molecular weight excluding hydrogens is 218 g/mol. The van der Waals surface area contributed by atoms with Gasteiger partial charge in [0.2, 0.25) is 5.91 Å². The highest BCUT2D eigenvalue weighted by atomic mass is 16.3. The zero-order valence-electron chi connectivity index (χ0n) is 11.9. The molecule has 0 unspecified atom stereocenters. The number of nitrogens with zero attached hydrogens (tertiary/aromatic N) is 3. The van der Waals surface area contributed by atoms with E-state index in [1.807, 2.05) is 0 Å². The molecule has 0 rings (SSSR count). The molecule has 0 aliphatic carbocycles. The van der Waals surface area contributed by atoms with Crippen LogP contribution in [0.15, 0.2) is 17.4 Å². The van der Waals surface area contributed by atoms with Gasteiger partial charge in [-0.25, -0.2) is 4.99 Å². The first-order valence-electron chi connectivity index (χ1n) is 5.49. The van der Waals surface area contributed by atoms with Crippen LogP contribution in [-0.4, -0.2) is 68.0 Å². The van der Waals surface area contributed by atoms with E-state index < -0.39 is 0 Å². The molecule has 5 heteroatoms. The van der Waals surface area contributed by atoms with Crippen LogP contribution < -0.4 is 0 Å². The Morgan fingerprint density at radius 3 is 2.12 bits per heavy atom. The summed E-state index contributed by atoms with van der Waals surface area (Å²) in [5.41, 5.74) is 0. The van der Waals surface area contributed by atoms with Crippen LogP contribution >= 0.6 is 0 Å². The number of hydrogen-bond donors (Lipinski definition) is 1. The average molecular weight is 244 g/mol. The first-order chi connectivity index (χ1) is 7.65. The van der Waals surface area contributed by atoms with Gasteiger partial charge >= 0.3 is 0 Å². The van der Waals surface area contributed by atoms with E-state index in [4.69, 9.17) is 5.11 Å². The van der Waals surface area contributed by atoms with Crippen molar-refractivity contribution in [2.24, 2.45) is 4.99 Å². The summed E-state index contributed by atoms with van der Waals surface area (Å²) in [6.07, 6.45) is 1.60. The maximum Gasteiger partial charge on any atom is 0.224 e. The zero-order valence-corrected chi connectivity index (χ0v) is 11.9. The fourth-order valence-electron chi connectivity index (χ4n) is 0.717. The van der Waals surface area contributed by atoms with Gasteiger partial charge < -0.3 is 14.5 Å². The number of amides is 1. The first-order valence-corrected chi connectivity index (χ1v) is 5.49. The van der Waals surface area contributed by atoms with Crippen molar-refractivity contribution >= 4 is 12.1 Å². The monoisotopic (exact) mass is 244 g/mol. The molecule has 0 aromatic carbocycles. The van der Waals surface area contributed by atoms with Crippen LogP contribution in [0.3, 0.4) is 0 Å². The Balaban J connectivity index is 0. The third-order valence-corrected chi connectivity index (χ3v) is 1.91. The van der Waals surface area contributed by atoms with Crippen molar-refractivity contribution in [2.75, 3.05) is 41.3 Å². The largest absolute Gasteiger partial charge is 0.391 e. The van der Waals surface area contributed by atoms with Crippen molar-refractivity contribution in [3.63, 3.8) is 0 Å². The lowest BCUT2D eigenvalue weighted by atomic mass is 10.5. The van der Waals surface area contributed by atoms with E-state index in [1.54, 1.807) is 20.2 Å². The minimum absolute atomic E-state index is 0.0596. The fraction of sp³-hybridized carbons (Fsp3) is 0.667. The normalized spacial score (nSPS) is 10.8. The van der Waals surface area contributed by atoms with Crippen LogP contribution in [-0.2, 0) is 4.79 Å². The van der Waals surface area contributed by atoms with Crippen molar-refractivity contribution in [3.8, 4) is 0 Å². The number of carbonyl (C=O) groups excluding carboxylic acids is 1. The molecule has 1 amide bonds. The Bertz CT molecular complexity index is 267. The molecular formula is C12H26N3O2+. The van der Waals surface area contributed by atoms with Gasteiger partial charge in [0.15, 0.2) is 0 Å². The Kier molecular flexibility index (Phi) is 9.51. The second-order valence-electron chi connectivity index (χ2n) is 4.62. The molecule has 0 heterocycles. The molecule has 0 bridgehead atoms. The third kappa shape index (κ3) is 12.7. The molecule has 0 aromatic rings. The summed E-state index contributed by atoms with van der Waals surface area (Å²) in [7, 11) is 7.79. The van der Waals surface area contributed by atoms with Crippen molar-refractivity contribution in [1.29, 1.82) is 0 Å². The maximum absolute atomic E-state index is 10.7. The highest BCUT2D eigenvalue weighted by Gasteiger charge is 2.03. The third-order valence-electron chi connectivity index (χ3n) is 1.91. The van der Waals surface area contributed by atoms with Crippen LogP contribution in [0.2, 0.25) is 0 Å². The van der Waals surface area contributed by atoms with Crippen LogP contribution in [0, 0.1) is 0 Å². The van der Waals surface area contributed by atoms with Gasteiger partial charge in [-0.1, -0.05) is 6.58 Å². The smallest absolute Gasteiger partial charge is 0.224 e. The molecule has 5 nitrogen and oxygen atoms in total. The molecule has 0 saturated heterocycles. The van der Waals surface area contributed by atoms with E-state index in [9.17, 15) is 4.79 Å². The molecule has 0 radical (unpaired) electrons. The van der Waals surface area contributed by atoms with Crippen molar-refractivity contribution in [3.05, 3.63) is 12.4 Å². The quantitative estimate of drug-likeness (QED) is 0.585. The number of likely N-dealkylation sites (N-methyl/N-ethyl adjacent to an activating group) is 1. The van der Waals surface area contributed by atoms with Crippen LogP contribution in [0.25, 0.3) is 0 Å². The molecule has 0 aliphatic rings. The maximum atomic E-state index is 10.7. The van der Waals surface area contributed by atoms with Gasteiger partial charge in [-0.05, 0) is 6.92 Å². The zero-order chi connectivity index (χ0) is 14.1. The molecule has 0 aliphatic heterocycles. The summed E-state index contributed by atoms with van der Waals surface area (Å²) in [5, 5.41) is 8.39. The Morgan fingerprint density at radius 2 is 1.94 bits per heavy atom. The van der Waals surface area contributed by atoms with Crippen molar-refractivity contribution < 1.29 is 14.4 Å². The average Bonchev–Trinajstić information content (AvgIpc) is 2.15. The summed E-state index contributed by atoms with van der Waals surface area (Å²) in [6, 6.07) is 0. The van der Waals surface area contributed by atoms with E-state index in [0.717, 1.165) is 11.0 Å². The lowest BCUT2D eigenvalue weighted by Crippen LogP contribution is -2.36. The number of quaternary nitrogens is 1. The second-order valence-corrected chi connectivity index (χ2v) is 4.62. The Hall–Kier alpha value is -1.20. The standard InChI is InChI=1S/C7H12N2O.C5H14NO/c1-5-8-6(2)9(4)7(3)10;1-6(2,3)4-5-7/h5H,2H2,1,3-4H3;7H,4-5H2,1-3H3/q;+1/b8-5-;. The number of carbonyl (C=O) groups is 1. The molecule has 1 N–H and O–H groups in total. The van der Waals surface area contributed by atoms with Crippen LogP contribution in [0.1, 0.15) is 13.8 Å². The van der Waals surface area contributed by atoms with Gasteiger partial charge in [-0.2, -0.15) is 0 Å². The topological polar surface area (TPSA) is 52.9 Å². The Morgan fingerprint density at radius 1 is 1.47 bits per heavy atom. The summed E-state index contributed by atoms with van der Waals surface area (Å²) < 4.78 is 0.844. The van der Waals surface area contributed by atoms with E-state index in [1.165, 1.54) is 11.8 Å². The minimum atomic E-state index is -0.0596. The van der Waals surface area contributed by atoms with Gasteiger partial charge in [-0.3, -0.25) is 4.79 Å². The first kappa shape index (κ1) is 18.2. The highest BCUT2D eigenvalue weighted by Crippen LogP contribution is 1.98. The Labute approximate surface area is 105 Å². The second kappa shape index (κ2) is 8.90. The molecule has 0 fully saturated rings. The summed E-state index contributed by atoms with van der Waals surface area (Å²) in [4.78, 5) is 15.9. The summed E-state index contributed by atoms with van der Waals surface area (Å²) in [6.45, 7) is 7.93. The molecule has 0 spiro atoms. The van der Waals surface area contributed by atoms with E-state index in [0.29, 0.717) is 5.82 Å². The number of rotatable bonds is 4. The molecule has 0 saturated carbocycles. The van der Waals surface area contributed by atoms with Crippen LogP contribution in [0.4, 0.5) is 0 Å². The molecule has 100 valence electrons. The molecule has 17 heavy (non-hydrogen) atoms. The lowest BCUT2D eigenvalue weighted by molar-refractivity contribution is -0.870. The van der Waals surface area contributed by atoms with Crippen molar-refractivity contribution in [1.82, 2.24) is 4.90 Å². The number of aliphatic hydroxyl groups excluding tert-OH is 1. The summed E-state index contributed by atoms with van der Waals surface area (Å²) in [5.74, 6) is 0.408. The minimum Gasteiger partial charge on any atom is -0.391 e. The van der Waals surface area contributed by atoms with Gasteiger partial charge in [0.1, 0.15) is 12.4 Å². The van der Waals surface area contributed by atoms with Crippen LogP contribution in [0.5, 0.6) is 0 Å². The number of aliphatic imine (C=N–C) groups is 1. The predicted molar refractivity (Wildman–Crippen MR) is 71.7 cm³/mol. The van der Waals surface area contributed by atoms with E-state index >= 15 is 0 Å². The van der Waals surface area contributed by atoms with E-state index in [-0.39, 0.29) is 12.5 Å². The highest BCUT2D eigenvalue weighted by molar-refractivity contribution is 5.75. The molecule has 0 atom stereocenters.